The summed E-state index contributed by atoms with van der Waals surface area (Å²) in [5, 5.41) is 3.03. The van der Waals surface area contributed by atoms with E-state index in [-0.39, 0.29) is 5.91 Å². The van der Waals surface area contributed by atoms with E-state index in [1.165, 1.54) is 12.8 Å². The highest BCUT2D eigenvalue weighted by molar-refractivity contribution is 9.10. The second kappa shape index (κ2) is 4.92. The maximum Gasteiger partial charge on any atom is 0.251 e. The average molecular weight is 311 g/mol. The van der Waals surface area contributed by atoms with Crippen molar-refractivity contribution in [2.45, 2.75) is 33.1 Å². The molecule has 1 aliphatic carbocycles. The van der Waals surface area contributed by atoms with Crippen LogP contribution in [0.15, 0.2) is 16.6 Å². The van der Waals surface area contributed by atoms with Crippen molar-refractivity contribution >= 4 is 27.5 Å². The lowest BCUT2D eigenvalue weighted by atomic mass is 10.0. The molecule has 18 heavy (non-hydrogen) atoms. The van der Waals surface area contributed by atoms with Gasteiger partial charge in [0.25, 0.3) is 5.91 Å². The second-order valence-electron chi connectivity index (χ2n) is 5.20. The summed E-state index contributed by atoms with van der Waals surface area (Å²) < 4.78 is 0.840. The van der Waals surface area contributed by atoms with Crippen LogP contribution in [0.4, 0.5) is 5.69 Å². The fourth-order valence-corrected chi connectivity index (χ4v) is 2.61. The number of amides is 1. The number of carbonyl (C=O) groups excluding carboxylic acids is 1. The molecule has 98 valence electrons. The summed E-state index contributed by atoms with van der Waals surface area (Å²) in [7, 11) is 0. The molecule has 3 N–H and O–H groups in total. The molecular weight excluding hydrogens is 292 g/mol. The van der Waals surface area contributed by atoms with Crippen molar-refractivity contribution in [3.63, 3.8) is 0 Å². The molecule has 1 saturated carbocycles. The first-order valence-corrected chi connectivity index (χ1v) is 7.10. The fourth-order valence-electron chi connectivity index (χ4n) is 2.13. The number of benzene rings is 1. The van der Waals surface area contributed by atoms with Crippen molar-refractivity contribution in [2.24, 2.45) is 5.41 Å². The first-order chi connectivity index (χ1) is 8.47. The number of anilines is 1. The molecule has 1 amide bonds. The van der Waals surface area contributed by atoms with Crippen LogP contribution in [0.5, 0.6) is 0 Å². The molecule has 0 aliphatic heterocycles. The van der Waals surface area contributed by atoms with E-state index in [4.69, 9.17) is 5.73 Å². The van der Waals surface area contributed by atoms with Gasteiger partial charge in [-0.3, -0.25) is 4.79 Å². The molecule has 0 bridgehead atoms. The molecule has 4 heteroatoms. The fraction of sp³-hybridized carbons (Fsp3) is 0.500. The maximum absolute atomic E-state index is 12.2. The third-order valence-corrected chi connectivity index (χ3v) is 4.45. The van der Waals surface area contributed by atoms with Crippen molar-refractivity contribution in [2.75, 3.05) is 12.3 Å². The van der Waals surface area contributed by atoms with Crippen molar-refractivity contribution in [1.82, 2.24) is 5.32 Å². The van der Waals surface area contributed by atoms with Crippen molar-refractivity contribution in [3.8, 4) is 0 Å². The molecule has 0 spiro atoms. The number of hydrogen-bond donors (Lipinski definition) is 2. The third kappa shape index (κ3) is 2.69. The maximum atomic E-state index is 12.2. The minimum absolute atomic E-state index is 0.0276. The highest BCUT2D eigenvalue weighted by Gasteiger charge is 2.40. The minimum Gasteiger partial charge on any atom is -0.398 e. The SMILES string of the molecule is CCC1(CNC(=O)c2cc(Br)cc(N)c2C)CC1. The zero-order chi connectivity index (χ0) is 13.3. The molecule has 1 fully saturated rings. The van der Waals surface area contributed by atoms with Crippen LogP contribution in [-0.2, 0) is 0 Å². The zero-order valence-electron chi connectivity index (χ0n) is 10.8. The Balaban J connectivity index is 2.09. The molecule has 0 atom stereocenters. The molecule has 3 nitrogen and oxygen atoms in total. The van der Waals surface area contributed by atoms with Gasteiger partial charge in [-0.15, -0.1) is 0 Å². The van der Waals surface area contributed by atoms with Crippen LogP contribution in [0, 0.1) is 12.3 Å². The summed E-state index contributed by atoms with van der Waals surface area (Å²) in [6, 6.07) is 3.65. The van der Waals surface area contributed by atoms with E-state index >= 15 is 0 Å². The Kier molecular flexibility index (Phi) is 3.66. The van der Waals surface area contributed by atoms with Crippen LogP contribution in [0.1, 0.15) is 42.1 Å². The van der Waals surface area contributed by atoms with Crippen molar-refractivity contribution in [3.05, 3.63) is 27.7 Å². The Labute approximate surface area is 116 Å². The summed E-state index contributed by atoms with van der Waals surface area (Å²) in [6.07, 6.45) is 3.58. The minimum atomic E-state index is -0.0276. The molecule has 1 aliphatic rings. The van der Waals surface area contributed by atoms with Crippen LogP contribution in [0.25, 0.3) is 0 Å². The van der Waals surface area contributed by atoms with Gasteiger partial charge in [0, 0.05) is 22.3 Å². The van der Waals surface area contributed by atoms with Crippen LogP contribution < -0.4 is 11.1 Å². The molecule has 2 rings (SSSR count). The Morgan fingerprint density at radius 3 is 2.72 bits per heavy atom. The van der Waals surface area contributed by atoms with Crippen LogP contribution >= 0.6 is 15.9 Å². The van der Waals surface area contributed by atoms with Gasteiger partial charge >= 0.3 is 0 Å². The van der Waals surface area contributed by atoms with E-state index in [1.54, 1.807) is 0 Å². The van der Waals surface area contributed by atoms with E-state index in [9.17, 15) is 4.79 Å². The van der Waals surface area contributed by atoms with E-state index < -0.39 is 0 Å². The molecular formula is C14H19BrN2O. The lowest BCUT2D eigenvalue weighted by Gasteiger charge is -2.15. The zero-order valence-corrected chi connectivity index (χ0v) is 12.4. The predicted molar refractivity (Wildman–Crippen MR) is 77.6 cm³/mol. The summed E-state index contributed by atoms with van der Waals surface area (Å²) in [5.74, 6) is -0.0276. The van der Waals surface area contributed by atoms with Gasteiger partial charge in [-0.2, -0.15) is 0 Å². The number of hydrogen-bond acceptors (Lipinski definition) is 2. The quantitative estimate of drug-likeness (QED) is 0.839. The average Bonchev–Trinajstić information content (AvgIpc) is 3.11. The lowest BCUT2D eigenvalue weighted by Crippen LogP contribution is -2.30. The number of halogens is 1. The third-order valence-electron chi connectivity index (χ3n) is 3.99. The topological polar surface area (TPSA) is 55.1 Å². The molecule has 0 heterocycles. The van der Waals surface area contributed by atoms with Crippen molar-refractivity contribution < 1.29 is 4.79 Å². The van der Waals surface area contributed by atoms with E-state index in [2.05, 4.69) is 28.2 Å². The summed E-state index contributed by atoms with van der Waals surface area (Å²) in [4.78, 5) is 12.2. The Morgan fingerprint density at radius 2 is 2.17 bits per heavy atom. The van der Waals surface area contributed by atoms with Gasteiger partial charge in [-0.1, -0.05) is 22.9 Å². The summed E-state index contributed by atoms with van der Waals surface area (Å²) in [6.45, 7) is 4.83. The molecule has 1 aromatic carbocycles. The van der Waals surface area contributed by atoms with Gasteiger partial charge in [0.2, 0.25) is 0 Å². The molecule has 0 aromatic heterocycles. The molecule has 0 saturated heterocycles. The normalized spacial score (nSPS) is 16.4. The number of rotatable bonds is 4. The molecule has 0 unspecified atom stereocenters. The van der Waals surface area contributed by atoms with Crippen LogP contribution in [-0.4, -0.2) is 12.5 Å². The van der Waals surface area contributed by atoms with Gasteiger partial charge in [0.1, 0.15) is 0 Å². The van der Waals surface area contributed by atoms with Crippen molar-refractivity contribution in [1.29, 1.82) is 0 Å². The Bertz CT molecular complexity index is 481. The highest BCUT2D eigenvalue weighted by Crippen LogP contribution is 2.47. The van der Waals surface area contributed by atoms with Crippen LogP contribution in [0.3, 0.4) is 0 Å². The van der Waals surface area contributed by atoms with Gasteiger partial charge in [-0.25, -0.2) is 0 Å². The van der Waals surface area contributed by atoms with Crippen LogP contribution in [0.2, 0.25) is 0 Å². The number of nitrogens with two attached hydrogens (primary N) is 1. The van der Waals surface area contributed by atoms with E-state index in [0.717, 1.165) is 23.0 Å². The number of carbonyl (C=O) groups is 1. The first kappa shape index (κ1) is 13.4. The van der Waals surface area contributed by atoms with Gasteiger partial charge in [-0.05, 0) is 49.3 Å². The first-order valence-electron chi connectivity index (χ1n) is 6.31. The van der Waals surface area contributed by atoms with E-state index in [0.29, 0.717) is 16.7 Å². The smallest absolute Gasteiger partial charge is 0.251 e. The van der Waals surface area contributed by atoms with Gasteiger partial charge in [0.15, 0.2) is 0 Å². The highest BCUT2D eigenvalue weighted by atomic mass is 79.9. The summed E-state index contributed by atoms with van der Waals surface area (Å²) >= 11 is 3.37. The lowest BCUT2D eigenvalue weighted by molar-refractivity contribution is 0.0943. The largest absolute Gasteiger partial charge is 0.398 e. The van der Waals surface area contributed by atoms with Gasteiger partial charge < -0.3 is 11.1 Å². The predicted octanol–water partition coefficient (Wildman–Crippen LogP) is 3.26. The summed E-state index contributed by atoms with van der Waals surface area (Å²) in [5.41, 5.74) is 8.38. The molecule has 0 radical (unpaired) electrons. The molecule has 1 aromatic rings. The van der Waals surface area contributed by atoms with Gasteiger partial charge in [0.05, 0.1) is 0 Å². The number of nitrogen functional groups attached to an aromatic ring is 1. The number of nitrogens with one attached hydrogen (secondary N) is 1. The second-order valence-corrected chi connectivity index (χ2v) is 6.12. The monoisotopic (exact) mass is 310 g/mol. The Hall–Kier alpha value is -1.03. The Morgan fingerprint density at radius 1 is 1.50 bits per heavy atom. The standard InChI is InChI=1S/C14H19BrN2O/c1-3-14(4-5-14)8-17-13(18)11-6-10(15)7-12(16)9(11)2/h6-7H,3-5,8,16H2,1-2H3,(H,17,18). The van der Waals surface area contributed by atoms with E-state index in [1.807, 2.05) is 19.1 Å².